The number of nitrogens with one attached hydrogen (secondary N) is 1. The number of ether oxygens (including phenoxy) is 1. The zero-order valence-electron chi connectivity index (χ0n) is 19.7. The van der Waals surface area contributed by atoms with Gasteiger partial charge in [0.05, 0.1) is 22.8 Å². The minimum atomic E-state index is -0.211. The third-order valence-electron chi connectivity index (χ3n) is 5.90. The van der Waals surface area contributed by atoms with Crippen LogP contribution in [0.3, 0.4) is 0 Å². The summed E-state index contributed by atoms with van der Waals surface area (Å²) in [5.74, 6) is 0.160. The van der Waals surface area contributed by atoms with Crippen LogP contribution in [-0.2, 0) is 4.79 Å². The average molecular weight is 463 g/mol. The van der Waals surface area contributed by atoms with Gasteiger partial charge < -0.3 is 10.1 Å². The maximum Gasteiger partial charge on any atom is 0.258 e. The van der Waals surface area contributed by atoms with Crippen LogP contribution in [0.15, 0.2) is 97.1 Å². The lowest BCUT2D eigenvalue weighted by atomic mass is 10.0. The summed E-state index contributed by atoms with van der Waals surface area (Å²) in [4.78, 5) is 17.4. The highest BCUT2D eigenvalue weighted by Gasteiger charge is 2.18. The van der Waals surface area contributed by atoms with Crippen LogP contribution in [0, 0.1) is 6.92 Å². The number of hydrogen-bond donors (Lipinski definition) is 1. The fourth-order valence-electron chi connectivity index (χ4n) is 4.18. The third kappa shape index (κ3) is 4.77. The van der Waals surface area contributed by atoms with Gasteiger partial charge in [0.2, 0.25) is 5.88 Å². The largest absolute Gasteiger partial charge is 0.467 e. The summed E-state index contributed by atoms with van der Waals surface area (Å²) in [7, 11) is 0. The second kappa shape index (κ2) is 9.81. The maximum atomic E-state index is 12.6. The van der Waals surface area contributed by atoms with Gasteiger partial charge in [0.15, 0.2) is 12.3 Å². The van der Waals surface area contributed by atoms with E-state index in [-0.39, 0.29) is 18.6 Å². The molecule has 2 aromatic heterocycles. The summed E-state index contributed by atoms with van der Waals surface area (Å²) in [5.41, 5.74) is 5.49. The number of fused-ring (bicyclic) bond motifs is 1. The Balaban J connectivity index is 1.48. The fraction of sp³-hybridized carbons (Fsp3) is 0.138. The zero-order valence-corrected chi connectivity index (χ0v) is 19.7. The van der Waals surface area contributed by atoms with Crippen molar-refractivity contribution in [3.05, 3.63) is 108 Å². The van der Waals surface area contributed by atoms with Gasteiger partial charge in [-0.3, -0.25) is 4.79 Å². The Kier molecular flexibility index (Phi) is 6.26. The summed E-state index contributed by atoms with van der Waals surface area (Å²) in [6, 6.07) is 31.6. The number of amides is 1. The molecule has 0 unspecified atom stereocenters. The maximum absolute atomic E-state index is 12.6. The Morgan fingerprint density at radius 1 is 0.943 bits per heavy atom. The van der Waals surface area contributed by atoms with Crippen molar-refractivity contribution < 1.29 is 9.53 Å². The summed E-state index contributed by atoms with van der Waals surface area (Å²) >= 11 is 0. The number of aryl methyl sites for hydroxylation is 1. The minimum absolute atomic E-state index is 0.121. The molecule has 1 atom stereocenters. The van der Waals surface area contributed by atoms with Crippen molar-refractivity contribution in [2.24, 2.45) is 0 Å². The van der Waals surface area contributed by atoms with Crippen LogP contribution in [0.2, 0.25) is 0 Å². The summed E-state index contributed by atoms with van der Waals surface area (Å²) in [5, 5.41) is 8.71. The number of rotatable bonds is 7. The minimum Gasteiger partial charge on any atom is -0.467 e. The summed E-state index contributed by atoms with van der Waals surface area (Å²) in [6.45, 7) is 3.80. The van der Waals surface area contributed by atoms with E-state index in [9.17, 15) is 4.79 Å². The van der Waals surface area contributed by atoms with E-state index >= 15 is 0 Å². The van der Waals surface area contributed by atoms with Gasteiger partial charge in [0.25, 0.3) is 5.91 Å². The predicted octanol–water partition coefficient (Wildman–Crippen LogP) is 5.65. The van der Waals surface area contributed by atoms with Crippen LogP contribution in [0.4, 0.5) is 0 Å². The monoisotopic (exact) mass is 462 g/mol. The number of pyridine rings is 1. The first kappa shape index (κ1) is 22.3. The van der Waals surface area contributed by atoms with Gasteiger partial charge in [-0.1, -0.05) is 78.9 Å². The van der Waals surface area contributed by atoms with Gasteiger partial charge in [-0.05, 0) is 42.7 Å². The van der Waals surface area contributed by atoms with Crippen LogP contribution >= 0.6 is 0 Å². The molecular weight excluding hydrogens is 436 g/mol. The fourth-order valence-corrected chi connectivity index (χ4v) is 4.18. The molecule has 3 aromatic carbocycles. The average Bonchev–Trinajstić information content (AvgIpc) is 3.24. The van der Waals surface area contributed by atoms with E-state index in [1.54, 1.807) is 0 Å². The number of benzene rings is 3. The molecule has 6 heteroatoms. The van der Waals surface area contributed by atoms with Crippen LogP contribution in [0.5, 0.6) is 5.88 Å². The highest BCUT2D eigenvalue weighted by molar-refractivity contribution is 5.96. The summed E-state index contributed by atoms with van der Waals surface area (Å²) < 4.78 is 7.73. The number of aromatic nitrogens is 3. The lowest BCUT2D eigenvalue weighted by Gasteiger charge is -2.15. The highest BCUT2D eigenvalue weighted by Crippen LogP contribution is 2.34. The topological polar surface area (TPSA) is 69.0 Å². The van der Waals surface area contributed by atoms with E-state index in [0.717, 1.165) is 33.5 Å². The highest BCUT2D eigenvalue weighted by atomic mass is 16.5. The molecule has 0 aliphatic carbocycles. The summed E-state index contributed by atoms with van der Waals surface area (Å²) in [6.07, 6.45) is 0. The van der Waals surface area contributed by atoms with Crippen LogP contribution in [-0.4, -0.2) is 27.3 Å². The van der Waals surface area contributed by atoms with Gasteiger partial charge in [0, 0.05) is 6.07 Å². The van der Waals surface area contributed by atoms with Crippen LogP contribution in [0.25, 0.3) is 27.8 Å². The van der Waals surface area contributed by atoms with Gasteiger partial charge in [-0.2, -0.15) is 10.1 Å². The molecule has 0 saturated carbocycles. The van der Waals surface area contributed by atoms with Crippen molar-refractivity contribution in [2.75, 3.05) is 6.61 Å². The number of para-hydroxylation sites is 1. The third-order valence-corrected chi connectivity index (χ3v) is 5.90. The lowest BCUT2D eigenvalue weighted by Crippen LogP contribution is -2.31. The molecule has 5 aromatic rings. The molecule has 0 aliphatic heterocycles. The van der Waals surface area contributed by atoms with Crippen molar-refractivity contribution in [2.45, 2.75) is 19.9 Å². The first-order chi connectivity index (χ1) is 17.1. The first-order valence-corrected chi connectivity index (χ1v) is 11.6. The van der Waals surface area contributed by atoms with Gasteiger partial charge in [0.1, 0.15) is 0 Å². The van der Waals surface area contributed by atoms with Crippen molar-refractivity contribution in [1.82, 2.24) is 20.1 Å². The molecule has 0 bridgehead atoms. The number of carbonyl (C=O) groups is 1. The predicted molar refractivity (Wildman–Crippen MR) is 138 cm³/mol. The zero-order chi connectivity index (χ0) is 24.2. The number of carbonyl (C=O) groups excluding carboxylic acids is 1. The molecule has 6 nitrogen and oxygen atoms in total. The molecule has 35 heavy (non-hydrogen) atoms. The Bertz CT molecular complexity index is 1450. The van der Waals surface area contributed by atoms with E-state index in [1.165, 1.54) is 0 Å². The van der Waals surface area contributed by atoms with Crippen LogP contribution in [0.1, 0.15) is 24.2 Å². The second-order valence-electron chi connectivity index (χ2n) is 8.39. The molecule has 0 fully saturated rings. The molecule has 5 rings (SSSR count). The van der Waals surface area contributed by atoms with E-state index < -0.39 is 0 Å². The van der Waals surface area contributed by atoms with Crippen molar-refractivity contribution in [3.63, 3.8) is 0 Å². The SMILES string of the molecule is Cc1nn(-c2ccccc2)c2nc(OCC(=O)N[C@H](C)c3ccccc3)cc(-c3ccccc3)c12. The van der Waals surface area contributed by atoms with E-state index in [1.807, 2.05) is 116 Å². The standard InChI is InChI=1S/C29H26N4O2/c1-20(22-12-6-3-7-13-22)30-26(34)19-35-27-18-25(23-14-8-4-9-15-23)28-21(2)32-33(29(28)31-27)24-16-10-5-11-17-24/h3-18,20H,19H2,1-2H3,(H,30,34)/t20-/m1/s1. The molecular formula is C29H26N4O2. The molecule has 2 heterocycles. The Morgan fingerprint density at radius 3 is 2.26 bits per heavy atom. The molecule has 0 radical (unpaired) electrons. The van der Waals surface area contributed by atoms with Crippen molar-refractivity contribution in [1.29, 1.82) is 0 Å². The molecule has 0 saturated heterocycles. The first-order valence-electron chi connectivity index (χ1n) is 11.6. The van der Waals surface area contributed by atoms with Gasteiger partial charge in [-0.25, -0.2) is 4.68 Å². The molecule has 1 amide bonds. The molecule has 0 spiro atoms. The Morgan fingerprint density at radius 2 is 1.57 bits per heavy atom. The van der Waals surface area contributed by atoms with E-state index in [0.29, 0.717) is 11.5 Å². The Labute approximate surface area is 204 Å². The molecule has 174 valence electrons. The Hall–Kier alpha value is -4.45. The van der Waals surface area contributed by atoms with E-state index in [4.69, 9.17) is 14.8 Å². The van der Waals surface area contributed by atoms with Crippen LogP contribution < -0.4 is 10.1 Å². The normalized spacial score (nSPS) is 11.8. The molecule has 1 N–H and O–H groups in total. The quantitative estimate of drug-likeness (QED) is 0.339. The van der Waals surface area contributed by atoms with Crippen molar-refractivity contribution in [3.8, 4) is 22.7 Å². The van der Waals surface area contributed by atoms with E-state index in [2.05, 4.69) is 5.32 Å². The number of nitrogens with zero attached hydrogens (tertiary/aromatic N) is 3. The second-order valence-corrected chi connectivity index (χ2v) is 8.39. The van der Waals surface area contributed by atoms with Gasteiger partial charge >= 0.3 is 0 Å². The van der Waals surface area contributed by atoms with Gasteiger partial charge in [-0.15, -0.1) is 0 Å². The molecule has 0 aliphatic rings. The number of hydrogen-bond acceptors (Lipinski definition) is 4. The smallest absolute Gasteiger partial charge is 0.258 e. The lowest BCUT2D eigenvalue weighted by molar-refractivity contribution is -0.123. The van der Waals surface area contributed by atoms with Crippen molar-refractivity contribution >= 4 is 16.9 Å².